The maximum absolute atomic E-state index is 14.2. The van der Waals surface area contributed by atoms with Gasteiger partial charge in [0, 0.05) is 12.4 Å². The number of hydrogen-bond donors (Lipinski definition) is 1. The molecular weight excluding hydrogens is 313 g/mol. The molecule has 1 aromatic carbocycles. The van der Waals surface area contributed by atoms with Crippen LogP contribution in [0, 0.1) is 17.5 Å². The molecule has 5 nitrogen and oxygen atoms in total. The van der Waals surface area contributed by atoms with E-state index in [-0.39, 0.29) is 5.69 Å². The molecule has 0 unspecified atom stereocenters. The Morgan fingerprint density at radius 3 is 2.57 bits per heavy atom. The molecule has 0 bridgehead atoms. The molecular formula is C15H7F3N2O3. The molecule has 116 valence electrons. The van der Waals surface area contributed by atoms with Crippen LogP contribution in [0.3, 0.4) is 0 Å². The van der Waals surface area contributed by atoms with Crippen molar-refractivity contribution in [3.63, 3.8) is 0 Å². The number of aromatic carboxylic acids is 1. The lowest BCUT2D eigenvalue weighted by Gasteiger charge is -2.13. The highest BCUT2D eigenvalue weighted by atomic mass is 19.2. The third-order valence-corrected chi connectivity index (χ3v) is 3.28. The van der Waals surface area contributed by atoms with Gasteiger partial charge in [-0.25, -0.2) is 18.0 Å². The molecule has 3 rings (SSSR count). The number of fused-ring (bicyclic) bond motifs is 1. The first-order valence-corrected chi connectivity index (χ1v) is 6.28. The van der Waals surface area contributed by atoms with Crippen molar-refractivity contribution in [1.29, 1.82) is 0 Å². The molecule has 0 aliphatic heterocycles. The topological polar surface area (TPSA) is 72.2 Å². The zero-order chi connectivity index (χ0) is 16.7. The number of aromatic nitrogens is 2. The monoisotopic (exact) mass is 320 g/mol. The molecule has 8 heteroatoms. The molecule has 3 aromatic rings. The summed E-state index contributed by atoms with van der Waals surface area (Å²) in [5.41, 5.74) is -2.19. The van der Waals surface area contributed by atoms with Crippen LogP contribution in [0.1, 0.15) is 10.4 Å². The maximum Gasteiger partial charge on any atom is 0.341 e. The van der Waals surface area contributed by atoms with Crippen LogP contribution in [0.5, 0.6) is 0 Å². The number of carboxylic acid groups (broad SMARTS) is 1. The third kappa shape index (κ3) is 2.24. The normalized spacial score (nSPS) is 10.9. The van der Waals surface area contributed by atoms with E-state index in [1.165, 1.54) is 24.5 Å². The lowest BCUT2D eigenvalue weighted by Crippen LogP contribution is -2.20. The molecule has 0 fully saturated rings. The van der Waals surface area contributed by atoms with Crippen LogP contribution in [-0.2, 0) is 0 Å². The van der Waals surface area contributed by atoms with Gasteiger partial charge < -0.3 is 9.67 Å². The van der Waals surface area contributed by atoms with E-state index in [0.29, 0.717) is 6.07 Å². The molecule has 2 heterocycles. The van der Waals surface area contributed by atoms with Crippen molar-refractivity contribution in [1.82, 2.24) is 9.55 Å². The van der Waals surface area contributed by atoms with E-state index in [9.17, 15) is 22.8 Å². The van der Waals surface area contributed by atoms with Gasteiger partial charge in [0.15, 0.2) is 17.5 Å². The summed E-state index contributed by atoms with van der Waals surface area (Å²) in [4.78, 5) is 27.1. The zero-order valence-electron chi connectivity index (χ0n) is 11.3. The Morgan fingerprint density at radius 1 is 1.22 bits per heavy atom. The van der Waals surface area contributed by atoms with Crippen LogP contribution in [-0.4, -0.2) is 20.6 Å². The van der Waals surface area contributed by atoms with Gasteiger partial charge in [-0.05, 0) is 18.2 Å². The lowest BCUT2D eigenvalue weighted by atomic mass is 10.1. The highest BCUT2D eigenvalue weighted by molar-refractivity contribution is 5.93. The van der Waals surface area contributed by atoms with Crippen LogP contribution in [0.2, 0.25) is 0 Å². The molecule has 0 saturated carbocycles. The van der Waals surface area contributed by atoms with E-state index in [1.54, 1.807) is 0 Å². The molecule has 0 radical (unpaired) electrons. The second-order valence-corrected chi connectivity index (χ2v) is 4.64. The fourth-order valence-electron chi connectivity index (χ4n) is 2.24. The summed E-state index contributed by atoms with van der Waals surface area (Å²) in [7, 11) is 0. The fraction of sp³-hybridized carbons (Fsp3) is 0. The molecule has 2 aromatic heterocycles. The summed E-state index contributed by atoms with van der Waals surface area (Å²) in [6.07, 6.45) is 3.53. The Labute approximate surface area is 126 Å². The van der Waals surface area contributed by atoms with Gasteiger partial charge in [-0.2, -0.15) is 0 Å². The number of carbonyl (C=O) groups is 1. The standard InChI is InChI=1S/C15H7F3N2O3/c16-10-4-8-13(12(18)11(10)17)20(7-2-1-3-19-5-7)6-9(14(8)21)15(22)23/h1-6H,(H,22,23). The second kappa shape index (κ2) is 5.24. The van der Waals surface area contributed by atoms with E-state index in [4.69, 9.17) is 5.11 Å². The average Bonchev–Trinajstić information content (AvgIpc) is 2.54. The number of benzene rings is 1. The Hall–Kier alpha value is -3.16. The van der Waals surface area contributed by atoms with Crippen LogP contribution in [0.15, 0.2) is 41.6 Å². The van der Waals surface area contributed by atoms with Gasteiger partial charge in [-0.1, -0.05) is 0 Å². The highest BCUT2D eigenvalue weighted by Crippen LogP contribution is 2.24. The molecule has 0 saturated heterocycles. The van der Waals surface area contributed by atoms with Crippen LogP contribution < -0.4 is 5.43 Å². The second-order valence-electron chi connectivity index (χ2n) is 4.64. The first kappa shape index (κ1) is 14.8. The number of hydrogen-bond acceptors (Lipinski definition) is 3. The number of carboxylic acids is 1. The van der Waals surface area contributed by atoms with Crippen molar-refractivity contribution >= 4 is 16.9 Å². The zero-order valence-corrected chi connectivity index (χ0v) is 11.3. The number of nitrogens with zero attached hydrogens (tertiary/aromatic N) is 2. The smallest absolute Gasteiger partial charge is 0.341 e. The van der Waals surface area contributed by atoms with Crippen LogP contribution in [0.25, 0.3) is 16.6 Å². The van der Waals surface area contributed by atoms with Crippen molar-refractivity contribution < 1.29 is 23.1 Å². The Morgan fingerprint density at radius 2 is 1.96 bits per heavy atom. The quantitative estimate of drug-likeness (QED) is 0.736. The van der Waals surface area contributed by atoms with E-state index in [2.05, 4.69) is 4.98 Å². The van der Waals surface area contributed by atoms with E-state index in [0.717, 1.165) is 10.8 Å². The van der Waals surface area contributed by atoms with Gasteiger partial charge in [0.2, 0.25) is 5.43 Å². The maximum atomic E-state index is 14.2. The number of halogens is 3. The average molecular weight is 320 g/mol. The third-order valence-electron chi connectivity index (χ3n) is 3.28. The summed E-state index contributed by atoms with van der Waals surface area (Å²) >= 11 is 0. The summed E-state index contributed by atoms with van der Waals surface area (Å²) in [5, 5.41) is 8.52. The SMILES string of the molecule is O=C(O)c1cn(-c2cccnc2)c2c(F)c(F)c(F)cc2c1=O. The summed E-state index contributed by atoms with van der Waals surface area (Å²) in [6, 6.07) is 3.41. The lowest BCUT2D eigenvalue weighted by molar-refractivity contribution is 0.0695. The van der Waals surface area contributed by atoms with E-state index >= 15 is 0 Å². The molecule has 0 amide bonds. The largest absolute Gasteiger partial charge is 0.477 e. The van der Waals surface area contributed by atoms with E-state index < -0.39 is 45.3 Å². The van der Waals surface area contributed by atoms with Gasteiger partial charge in [0.1, 0.15) is 5.56 Å². The Kier molecular flexibility index (Phi) is 3.36. The first-order valence-electron chi connectivity index (χ1n) is 6.28. The van der Waals surface area contributed by atoms with E-state index in [1.807, 2.05) is 0 Å². The minimum absolute atomic E-state index is 0.185. The summed E-state index contributed by atoms with van der Waals surface area (Å²) in [5.74, 6) is -6.48. The van der Waals surface area contributed by atoms with Crippen LogP contribution >= 0.6 is 0 Å². The molecule has 23 heavy (non-hydrogen) atoms. The Balaban J connectivity index is 2.57. The van der Waals surface area contributed by atoms with Crippen molar-refractivity contribution in [2.75, 3.05) is 0 Å². The molecule has 0 aliphatic rings. The van der Waals surface area contributed by atoms with Crippen molar-refractivity contribution in [3.05, 3.63) is 70.0 Å². The fourth-order valence-corrected chi connectivity index (χ4v) is 2.24. The van der Waals surface area contributed by atoms with Crippen molar-refractivity contribution in [2.45, 2.75) is 0 Å². The molecule has 0 aliphatic carbocycles. The van der Waals surface area contributed by atoms with Gasteiger partial charge >= 0.3 is 5.97 Å². The van der Waals surface area contributed by atoms with Gasteiger partial charge in [-0.3, -0.25) is 9.78 Å². The predicted molar refractivity (Wildman–Crippen MR) is 74.2 cm³/mol. The van der Waals surface area contributed by atoms with Gasteiger partial charge in [-0.15, -0.1) is 0 Å². The van der Waals surface area contributed by atoms with Gasteiger partial charge in [0.25, 0.3) is 0 Å². The Bertz CT molecular complexity index is 1000. The summed E-state index contributed by atoms with van der Waals surface area (Å²) < 4.78 is 42.1. The van der Waals surface area contributed by atoms with Crippen molar-refractivity contribution in [2.24, 2.45) is 0 Å². The van der Waals surface area contributed by atoms with Crippen molar-refractivity contribution in [3.8, 4) is 5.69 Å². The summed E-state index contributed by atoms with van der Waals surface area (Å²) in [6.45, 7) is 0. The molecule has 0 atom stereocenters. The molecule has 1 N–H and O–H groups in total. The number of rotatable bonds is 2. The van der Waals surface area contributed by atoms with Crippen LogP contribution in [0.4, 0.5) is 13.2 Å². The van der Waals surface area contributed by atoms with Gasteiger partial charge in [0.05, 0.1) is 22.8 Å². The first-order chi connectivity index (χ1) is 10.9. The molecule has 0 spiro atoms. The minimum Gasteiger partial charge on any atom is -0.477 e. The number of pyridine rings is 2. The predicted octanol–water partition coefficient (Wildman–Crippen LogP) is 2.50. The highest BCUT2D eigenvalue weighted by Gasteiger charge is 2.22. The minimum atomic E-state index is -1.75.